The van der Waals surface area contributed by atoms with Gasteiger partial charge in [0.1, 0.15) is 5.75 Å². The molecule has 0 unspecified atom stereocenters. The standard InChI is InChI=1S/C13H12O3/c1-15-12-8-5-7-11(10-12)6-3-4-9-13(14)16-2/h4-5,7-10H,1-2H3/b9-4+. The highest BCUT2D eigenvalue weighted by Crippen LogP contribution is 2.11. The highest BCUT2D eigenvalue weighted by molar-refractivity contribution is 5.82. The number of carbonyl (C=O) groups is 1. The summed E-state index contributed by atoms with van der Waals surface area (Å²) in [5.74, 6) is 5.94. The lowest BCUT2D eigenvalue weighted by molar-refractivity contribution is -0.134. The van der Waals surface area contributed by atoms with Crippen LogP contribution in [0.15, 0.2) is 36.4 Å². The number of allylic oxidation sites excluding steroid dienone is 1. The lowest BCUT2D eigenvalue weighted by Gasteiger charge is -1.97. The van der Waals surface area contributed by atoms with E-state index in [4.69, 9.17) is 4.74 Å². The van der Waals surface area contributed by atoms with Gasteiger partial charge in [0.05, 0.1) is 14.2 Å². The molecule has 0 spiro atoms. The molecule has 0 heterocycles. The van der Waals surface area contributed by atoms with Gasteiger partial charge in [-0.15, -0.1) is 0 Å². The maximum Gasteiger partial charge on any atom is 0.331 e. The van der Waals surface area contributed by atoms with E-state index in [0.29, 0.717) is 0 Å². The van der Waals surface area contributed by atoms with Crippen molar-refractivity contribution < 1.29 is 14.3 Å². The molecule has 0 saturated carbocycles. The number of carbonyl (C=O) groups excluding carboxylic acids is 1. The topological polar surface area (TPSA) is 35.5 Å². The van der Waals surface area contributed by atoms with Gasteiger partial charge < -0.3 is 9.47 Å². The molecule has 1 aromatic rings. The van der Waals surface area contributed by atoms with E-state index in [0.717, 1.165) is 11.3 Å². The van der Waals surface area contributed by atoms with E-state index in [2.05, 4.69) is 16.6 Å². The van der Waals surface area contributed by atoms with Crippen LogP contribution in [0.1, 0.15) is 5.56 Å². The van der Waals surface area contributed by atoms with Crippen LogP contribution in [-0.4, -0.2) is 20.2 Å². The van der Waals surface area contributed by atoms with E-state index < -0.39 is 5.97 Å². The Morgan fingerprint density at radius 1 is 1.38 bits per heavy atom. The maximum atomic E-state index is 10.7. The van der Waals surface area contributed by atoms with Gasteiger partial charge in [-0.2, -0.15) is 0 Å². The summed E-state index contributed by atoms with van der Waals surface area (Å²) in [4.78, 5) is 10.7. The highest BCUT2D eigenvalue weighted by atomic mass is 16.5. The molecule has 0 aliphatic rings. The van der Waals surface area contributed by atoms with Crippen LogP contribution in [0.25, 0.3) is 0 Å². The second kappa shape index (κ2) is 6.31. The monoisotopic (exact) mass is 216 g/mol. The van der Waals surface area contributed by atoms with E-state index in [9.17, 15) is 4.79 Å². The minimum Gasteiger partial charge on any atom is -0.497 e. The molecule has 0 atom stereocenters. The molecule has 0 aromatic heterocycles. The van der Waals surface area contributed by atoms with Crippen molar-refractivity contribution >= 4 is 5.97 Å². The van der Waals surface area contributed by atoms with Gasteiger partial charge in [0, 0.05) is 11.6 Å². The average Bonchev–Trinajstić information content (AvgIpc) is 2.34. The smallest absolute Gasteiger partial charge is 0.331 e. The summed E-state index contributed by atoms with van der Waals surface area (Å²) in [5.41, 5.74) is 0.828. The van der Waals surface area contributed by atoms with Crippen molar-refractivity contribution in [2.24, 2.45) is 0 Å². The minimum absolute atomic E-state index is 0.417. The zero-order valence-electron chi connectivity index (χ0n) is 9.19. The Hall–Kier alpha value is -2.21. The molecule has 0 radical (unpaired) electrons. The third-order valence-corrected chi connectivity index (χ3v) is 1.79. The third-order valence-electron chi connectivity index (χ3n) is 1.79. The normalized spacial score (nSPS) is 9.38. The first-order valence-electron chi connectivity index (χ1n) is 4.66. The van der Waals surface area contributed by atoms with Crippen molar-refractivity contribution in [3.63, 3.8) is 0 Å². The molecule has 0 aliphatic carbocycles. The van der Waals surface area contributed by atoms with Crippen molar-refractivity contribution in [3.05, 3.63) is 42.0 Å². The van der Waals surface area contributed by atoms with Crippen LogP contribution in [0.5, 0.6) is 5.75 Å². The fourth-order valence-corrected chi connectivity index (χ4v) is 1.00. The number of esters is 1. The molecule has 0 aliphatic heterocycles. The van der Waals surface area contributed by atoms with Gasteiger partial charge in [0.15, 0.2) is 0 Å². The van der Waals surface area contributed by atoms with Crippen molar-refractivity contribution in [3.8, 4) is 17.6 Å². The van der Waals surface area contributed by atoms with E-state index in [1.54, 1.807) is 7.11 Å². The van der Waals surface area contributed by atoms with Crippen LogP contribution in [0.4, 0.5) is 0 Å². The Balaban J connectivity index is 2.69. The van der Waals surface area contributed by atoms with Crippen molar-refractivity contribution in [1.82, 2.24) is 0 Å². The zero-order chi connectivity index (χ0) is 11.8. The first kappa shape index (κ1) is 11.9. The van der Waals surface area contributed by atoms with E-state index in [1.165, 1.54) is 19.3 Å². The minimum atomic E-state index is -0.417. The number of ether oxygens (including phenoxy) is 2. The van der Waals surface area contributed by atoms with Gasteiger partial charge in [0.2, 0.25) is 0 Å². The predicted molar refractivity (Wildman–Crippen MR) is 61.0 cm³/mol. The lowest BCUT2D eigenvalue weighted by atomic mass is 10.2. The Bertz CT molecular complexity index is 450. The molecule has 16 heavy (non-hydrogen) atoms. The van der Waals surface area contributed by atoms with Crippen LogP contribution in [0, 0.1) is 11.8 Å². The van der Waals surface area contributed by atoms with E-state index in [-0.39, 0.29) is 0 Å². The first-order chi connectivity index (χ1) is 7.76. The molecule has 0 N–H and O–H groups in total. The molecule has 0 fully saturated rings. The Kier molecular flexibility index (Phi) is 4.68. The molecular weight excluding hydrogens is 204 g/mol. The molecule has 3 heteroatoms. The van der Waals surface area contributed by atoms with Gasteiger partial charge >= 0.3 is 5.97 Å². The van der Waals surface area contributed by atoms with Crippen LogP contribution >= 0.6 is 0 Å². The molecule has 0 bridgehead atoms. The summed E-state index contributed by atoms with van der Waals surface area (Å²) in [6, 6.07) is 7.38. The number of benzene rings is 1. The van der Waals surface area contributed by atoms with Crippen LogP contribution in [-0.2, 0) is 9.53 Å². The fraction of sp³-hybridized carbons (Fsp3) is 0.154. The third kappa shape index (κ3) is 3.89. The number of methoxy groups -OCH3 is 2. The highest BCUT2D eigenvalue weighted by Gasteiger charge is 1.90. The Morgan fingerprint density at radius 2 is 2.19 bits per heavy atom. The number of hydrogen-bond acceptors (Lipinski definition) is 3. The van der Waals surface area contributed by atoms with Gasteiger partial charge in [-0.25, -0.2) is 4.79 Å². The molecular formula is C13H12O3. The molecule has 0 saturated heterocycles. The van der Waals surface area contributed by atoms with Gasteiger partial charge in [-0.1, -0.05) is 17.9 Å². The van der Waals surface area contributed by atoms with Gasteiger partial charge in [-0.3, -0.25) is 0 Å². The summed E-state index contributed by atoms with van der Waals surface area (Å²) in [6.45, 7) is 0. The van der Waals surface area contributed by atoms with E-state index in [1.807, 2.05) is 24.3 Å². The summed E-state index contributed by atoms with van der Waals surface area (Å²) < 4.78 is 9.48. The molecule has 1 aromatic carbocycles. The predicted octanol–water partition coefficient (Wildman–Crippen LogP) is 1.78. The van der Waals surface area contributed by atoms with Gasteiger partial charge in [-0.05, 0) is 24.3 Å². The lowest BCUT2D eigenvalue weighted by Crippen LogP contribution is -1.92. The summed E-state index contributed by atoms with van der Waals surface area (Å²) in [6.07, 6.45) is 2.72. The van der Waals surface area contributed by atoms with Crippen LogP contribution in [0.3, 0.4) is 0 Å². The SMILES string of the molecule is COC(=O)/C=C/C#Cc1cccc(OC)c1. The number of hydrogen-bond donors (Lipinski definition) is 0. The second-order valence-electron chi connectivity index (χ2n) is 2.86. The molecule has 0 amide bonds. The number of rotatable bonds is 2. The molecule has 3 nitrogen and oxygen atoms in total. The van der Waals surface area contributed by atoms with E-state index >= 15 is 0 Å². The van der Waals surface area contributed by atoms with Crippen molar-refractivity contribution in [2.75, 3.05) is 14.2 Å². The molecule has 1 rings (SSSR count). The quantitative estimate of drug-likeness (QED) is 0.429. The Morgan fingerprint density at radius 3 is 2.88 bits per heavy atom. The fourth-order valence-electron chi connectivity index (χ4n) is 1.00. The summed E-state index contributed by atoms with van der Waals surface area (Å²) in [5, 5.41) is 0. The van der Waals surface area contributed by atoms with Crippen molar-refractivity contribution in [1.29, 1.82) is 0 Å². The van der Waals surface area contributed by atoms with Crippen molar-refractivity contribution in [2.45, 2.75) is 0 Å². The van der Waals surface area contributed by atoms with Gasteiger partial charge in [0.25, 0.3) is 0 Å². The molecule has 82 valence electrons. The zero-order valence-corrected chi connectivity index (χ0v) is 9.19. The van der Waals surface area contributed by atoms with Crippen LogP contribution in [0.2, 0.25) is 0 Å². The largest absolute Gasteiger partial charge is 0.497 e. The Labute approximate surface area is 94.7 Å². The second-order valence-corrected chi connectivity index (χ2v) is 2.86. The average molecular weight is 216 g/mol. The summed E-state index contributed by atoms with van der Waals surface area (Å²) in [7, 11) is 2.92. The first-order valence-corrected chi connectivity index (χ1v) is 4.66. The maximum absolute atomic E-state index is 10.7. The summed E-state index contributed by atoms with van der Waals surface area (Å²) >= 11 is 0. The van der Waals surface area contributed by atoms with Crippen LogP contribution < -0.4 is 4.74 Å².